The lowest BCUT2D eigenvalue weighted by molar-refractivity contribution is -0.137. The summed E-state index contributed by atoms with van der Waals surface area (Å²) in [6, 6.07) is 13.9. The van der Waals surface area contributed by atoms with Gasteiger partial charge in [0.2, 0.25) is 11.8 Å². The van der Waals surface area contributed by atoms with Crippen molar-refractivity contribution in [1.82, 2.24) is 30.5 Å². The summed E-state index contributed by atoms with van der Waals surface area (Å²) in [5, 5.41) is 24.8. The Kier molecular flexibility index (Phi) is 7.63. The van der Waals surface area contributed by atoms with E-state index in [1.165, 1.54) is 6.07 Å². The molecule has 3 amide bonds. The van der Waals surface area contributed by atoms with Crippen molar-refractivity contribution in [3.05, 3.63) is 77.1 Å². The molecule has 1 atom stereocenters. The number of rotatable bonds is 3. The minimum atomic E-state index is -0.866. The van der Waals surface area contributed by atoms with Crippen molar-refractivity contribution < 1.29 is 19.5 Å². The zero-order valence-corrected chi connectivity index (χ0v) is 22.1. The maximum Gasteiger partial charge on any atom is 0.257 e. The number of carbonyl (C=O) groups is 3. The average molecular weight is 531 g/mol. The zero-order chi connectivity index (χ0) is 27.4. The van der Waals surface area contributed by atoms with Crippen LogP contribution >= 0.6 is 0 Å². The van der Waals surface area contributed by atoms with E-state index < -0.39 is 11.5 Å². The van der Waals surface area contributed by atoms with Gasteiger partial charge in [0, 0.05) is 45.2 Å². The minimum Gasteiger partial charge on any atom is -0.507 e. The Morgan fingerprint density at radius 1 is 1.10 bits per heavy atom. The van der Waals surface area contributed by atoms with Crippen LogP contribution in [0.15, 0.2) is 54.7 Å². The molecule has 1 saturated heterocycles. The number of carbonyl (C=O) groups excluding carboxylic acids is 3. The lowest BCUT2D eigenvalue weighted by atomic mass is 9.73. The number of phenols is 1. The van der Waals surface area contributed by atoms with Gasteiger partial charge in [-0.25, -0.2) is 0 Å². The molecule has 10 heteroatoms. The second kappa shape index (κ2) is 11.3. The number of hydrogen-bond donors (Lipinski definition) is 3. The Morgan fingerprint density at radius 3 is 2.64 bits per heavy atom. The summed E-state index contributed by atoms with van der Waals surface area (Å²) >= 11 is 0. The molecule has 3 heterocycles. The first kappa shape index (κ1) is 26.4. The Bertz CT molecular complexity index is 1350. The van der Waals surface area contributed by atoms with E-state index in [-0.39, 0.29) is 29.0 Å². The third-order valence-corrected chi connectivity index (χ3v) is 7.75. The average Bonchev–Trinajstić information content (AvgIpc) is 3.39. The number of phenolic OH excluding ortho intramolecular Hbond substituents is 1. The third kappa shape index (κ3) is 5.94. The second-order valence-corrected chi connectivity index (χ2v) is 10.6. The number of nitrogens with one attached hydrogen (secondary N) is 2. The molecule has 10 nitrogen and oxygen atoms in total. The summed E-state index contributed by atoms with van der Waals surface area (Å²) in [5.74, 6) is -0.763. The molecule has 2 aromatic carbocycles. The van der Waals surface area contributed by atoms with Crippen molar-refractivity contribution in [3.63, 3.8) is 0 Å². The Balaban J connectivity index is 1.40. The zero-order valence-electron chi connectivity index (χ0n) is 22.1. The minimum absolute atomic E-state index is 0.0583. The molecule has 2 aliphatic heterocycles. The molecule has 0 radical (unpaired) electrons. The van der Waals surface area contributed by atoms with Gasteiger partial charge in [-0.05, 0) is 43.9 Å². The standard InChI is InChI=1S/C29H34N6O4/c1-20-8-9-25(36)23(16-20)27(38)34-14-10-29(11-15-34)18-22-19-35(33-32-22)13-5-12-30-26(37)24(31-28(29)39)17-21-6-3-2-4-7-21/h2-4,6-9,16,19,24,36H,5,10-15,17-18H2,1H3,(H,30,37)(H,31,39)/t24-/m0/s1. The lowest BCUT2D eigenvalue weighted by Gasteiger charge is -2.41. The maximum atomic E-state index is 14.0. The fourth-order valence-electron chi connectivity index (χ4n) is 5.44. The van der Waals surface area contributed by atoms with E-state index in [9.17, 15) is 19.5 Å². The molecule has 3 N–H and O–H groups in total. The van der Waals surface area contributed by atoms with Crippen LogP contribution in [0.25, 0.3) is 0 Å². The van der Waals surface area contributed by atoms with E-state index in [2.05, 4.69) is 20.9 Å². The van der Waals surface area contributed by atoms with Crippen LogP contribution in [0.4, 0.5) is 0 Å². The van der Waals surface area contributed by atoms with Crippen LogP contribution in [0.2, 0.25) is 0 Å². The summed E-state index contributed by atoms with van der Waals surface area (Å²) < 4.78 is 1.74. The predicted octanol–water partition coefficient (Wildman–Crippen LogP) is 2.00. The topological polar surface area (TPSA) is 129 Å². The van der Waals surface area contributed by atoms with E-state index in [0.29, 0.717) is 64.0 Å². The van der Waals surface area contributed by atoms with Crippen molar-refractivity contribution >= 4 is 17.7 Å². The fraction of sp³-hybridized carbons (Fsp3) is 0.414. The molecule has 3 aromatic rings. The number of aryl methyl sites for hydroxylation is 2. The molecule has 2 bridgehead atoms. The predicted molar refractivity (Wildman–Crippen MR) is 144 cm³/mol. The van der Waals surface area contributed by atoms with Gasteiger partial charge in [-0.2, -0.15) is 0 Å². The molecule has 5 rings (SSSR count). The Morgan fingerprint density at radius 2 is 1.87 bits per heavy atom. The fourth-order valence-corrected chi connectivity index (χ4v) is 5.44. The Hall–Kier alpha value is -4.21. The number of fused-ring (bicyclic) bond motifs is 2. The van der Waals surface area contributed by atoms with Crippen molar-refractivity contribution in [2.45, 2.75) is 51.6 Å². The number of amides is 3. The van der Waals surface area contributed by atoms with Crippen LogP contribution in [0.5, 0.6) is 5.75 Å². The second-order valence-electron chi connectivity index (χ2n) is 10.6. The van der Waals surface area contributed by atoms with Crippen molar-refractivity contribution in [3.8, 4) is 5.75 Å². The van der Waals surface area contributed by atoms with Crippen LogP contribution in [0.3, 0.4) is 0 Å². The number of hydrogen-bond acceptors (Lipinski definition) is 6. The first-order valence-electron chi connectivity index (χ1n) is 13.4. The van der Waals surface area contributed by atoms with Gasteiger partial charge in [0.15, 0.2) is 0 Å². The highest BCUT2D eigenvalue weighted by atomic mass is 16.3. The summed E-state index contributed by atoms with van der Waals surface area (Å²) in [6.07, 6.45) is 4.07. The number of benzene rings is 2. The van der Waals surface area contributed by atoms with Gasteiger partial charge in [-0.3, -0.25) is 19.1 Å². The van der Waals surface area contributed by atoms with Gasteiger partial charge in [0.1, 0.15) is 11.8 Å². The van der Waals surface area contributed by atoms with Gasteiger partial charge in [-0.15, -0.1) is 5.10 Å². The molecule has 0 unspecified atom stereocenters. The van der Waals surface area contributed by atoms with Gasteiger partial charge in [0.25, 0.3) is 5.91 Å². The molecule has 1 spiro atoms. The molecular formula is C29H34N6O4. The molecule has 0 saturated carbocycles. The first-order chi connectivity index (χ1) is 18.8. The summed E-state index contributed by atoms with van der Waals surface area (Å²) in [4.78, 5) is 42.1. The van der Waals surface area contributed by atoms with Gasteiger partial charge in [-0.1, -0.05) is 47.2 Å². The summed E-state index contributed by atoms with van der Waals surface area (Å²) in [6.45, 7) is 3.61. The van der Waals surface area contributed by atoms with Crippen LogP contribution in [0, 0.1) is 12.3 Å². The molecule has 1 aromatic heterocycles. The van der Waals surface area contributed by atoms with Crippen molar-refractivity contribution in [1.29, 1.82) is 0 Å². The molecular weight excluding hydrogens is 496 g/mol. The molecule has 0 aliphatic carbocycles. The molecule has 2 aliphatic rings. The normalized spacial score (nSPS) is 19.8. The van der Waals surface area contributed by atoms with E-state index in [0.717, 1.165) is 11.1 Å². The quantitative estimate of drug-likeness (QED) is 0.475. The molecule has 1 fully saturated rings. The van der Waals surface area contributed by atoms with E-state index in [1.54, 1.807) is 21.7 Å². The Labute approximate surface area is 227 Å². The SMILES string of the molecule is Cc1ccc(O)c(C(=O)N2CCC3(CC2)Cc2cn(nn2)CCCNC(=O)[C@H](Cc2ccccc2)NC3=O)c1. The summed E-state index contributed by atoms with van der Waals surface area (Å²) in [7, 11) is 0. The molecule has 39 heavy (non-hydrogen) atoms. The van der Waals surface area contributed by atoms with E-state index in [4.69, 9.17) is 0 Å². The number of aromatic nitrogens is 3. The number of aromatic hydroxyl groups is 1. The van der Waals surface area contributed by atoms with Crippen LogP contribution < -0.4 is 10.6 Å². The highest BCUT2D eigenvalue weighted by Gasteiger charge is 2.44. The van der Waals surface area contributed by atoms with Crippen LogP contribution in [0.1, 0.15) is 46.4 Å². The lowest BCUT2D eigenvalue weighted by Crippen LogP contribution is -2.56. The monoisotopic (exact) mass is 530 g/mol. The summed E-state index contributed by atoms with van der Waals surface area (Å²) in [5.41, 5.74) is 1.93. The van der Waals surface area contributed by atoms with Crippen molar-refractivity contribution in [2.24, 2.45) is 5.41 Å². The highest BCUT2D eigenvalue weighted by Crippen LogP contribution is 2.36. The van der Waals surface area contributed by atoms with E-state index in [1.807, 2.05) is 43.5 Å². The van der Waals surface area contributed by atoms with Gasteiger partial charge >= 0.3 is 0 Å². The first-order valence-corrected chi connectivity index (χ1v) is 13.4. The smallest absolute Gasteiger partial charge is 0.257 e. The van der Waals surface area contributed by atoms with Crippen LogP contribution in [-0.4, -0.2) is 68.4 Å². The van der Waals surface area contributed by atoms with Crippen LogP contribution in [-0.2, 0) is 29.0 Å². The number of piperidine rings is 1. The van der Waals surface area contributed by atoms with E-state index >= 15 is 0 Å². The number of nitrogens with zero attached hydrogens (tertiary/aromatic N) is 4. The molecule has 204 valence electrons. The van der Waals surface area contributed by atoms with Gasteiger partial charge in [0.05, 0.1) is 16.7 Å². The largest absolute Gasteiger partial charge is 0.507 e. The number of likely N-dealkylation sites (tertiary alicyclic amines) is 1. The highest BCUT2D eigenvalue weighted by molar-refractivity contribution is 5.97. The third-order valence-electron chi connectivity index (χ3n) is 7.75. The van der Waals surface area contributed by atoms with Crippen molar-refractivity contribution in [2.75, 3.05) is 19.6 Å². The maximum absolute atomic E-state index is 14.0. The van der Waals surface area contributed by atoms with Gasteiger partial charge < -0.3 is 20.6 Å².